The van der Waals surface area contributed by atoms with Gasteiger partial charge in [-0.15, -0.1) is 0 Å². The summed E-state index contributed by atoms with van der Waals surface area (Å²) in [6.07, 6.45) is 8.61. The molecule has 30 heavy (non-hydrogen) atoms. The lowest BCUT2D eigenvalue weighted by molar-refractivity contribution is 0.136. The molecule has 2 aliphatic rings. The molecule has 4 rings (SSSR count). The van der Waals surface area contributed by atoms with Gasteiger partial charge in [0.1, 0.15) is 11.6 Å². The van der Waals surface area contributed by atoms with E-state index in [-0.39, 0.29) is 11.9 Å². The molecule has 2 aromatic carbocycles. The van der Waals surface area contributed by atoms with Gasteiger partial charge >= 0.3 is 6.09 Å². The van der Waals surface area contributed by atoms with Crippen molar-refractivity contribution in [3.8, 4) is 5.75 Å². The van der Waals surface area contributed by atoms with Crippen LogP contribution in [0.3, 0.4) is 0 Å². The first kappa shape index (κ1) is 20.5. The summed E-state index contributed by atoms with van der Waals surface area (Å²) in [6, 6.07) is 11.6. The maximum Gasteiger partial charge on any atom is 0.407 e. The second kappa shape index (κ2) is 9.33. The van der Waals surface area contributed by atoms with Crippen LogP contribution in [-0.4, -0.2) is 26.4 Å². The lowest BCUT2D eigenvalue weighted by atomic mass is 9.81. The van der Waals surface area contributed by atoms with E-state index in [4.69, 9.17) is 9.47 Å². The van der Waals surface area contributed by atoms with Gasteiger partial charge in [0.15, 0.2) is 0 Å². The van der Waals surface area contributed by atoms with Crippen LogP contribution in [0.25, 0.3) is 6.08 Å². The summed E-state index contributed by atoms with van der Waals surface area (Å²) in [5.74, 6) is 1.16. The third kappa shape index (κ3) is 4.84. The number of rotatable bonds is 4. The summed E-state index contributed by atoms with van der Waals surface area (Å²) in [5, 5.41) is 2.86. The Labute approximate surface area is 177 Å². The van der Waals surface area contributed by atoms with E-state index in [1.54, 1.807) is 19.2 Å². The maximum atomic E-state index is 14.1. The Bertz CT molecular complexity index is 940. The van der Waals surface area contributed by atoms with Gasteiger partial charge in [0, 0.05) is 18.0 Å². The third-order valence-corrected chi connectivity index (χ3v) is 6.14. The number of aryl methyl sites for hydroxylation is 1. The van der Waals surface area contributed by atoms with E-state index in [2.05, 4.69) is 29.6 Å². The summed E-state index contributed by atoms with van der Waals surface area (Å²) in [4.78, 5) is 11.5. The van der Waals surface area contributed by atoms with Crippen LogP contribution in [-0.2, 0) is 17.6 Å². The van der Waals surface area contributed by atoms with Gasteiger partial charge in [0.05, 0.1) is 13.7 Å². The Kier molecular flexibility index (Phi) is 6.36. The van der Waals surface area contributed by atoms with Gasteiger partial charge < -0.3 is 14.8 Å². The first-order chi connectivity index (χ1) is 14.6. The smallest absolute Gasteiger partial charge is 0.407 e. The Morgan fingerprint density at radius 3 is 2.93 bits per heavy atom. The van der Waals surface area contributed by atoms with Crippen LogP contribution < -0.4 is 10.1 Å². The number of halogens is 1. The summed E-state index contributed by atoms with van der Waals surface area (Å²) < 4.78 is 24.3. The maximum absolute atomic E-state index is 14.1. The Morgan fingerprint density at radius 1 is 1.17 bits per heavy atom. The van der Waals surface area contributed by atoms with Crippen molar-refractivity contribution < 1.29 is 18.7 Å². The highest BCUT2D eigenvalue weighted by Gasteiger charge is 2.21. The molecule has 2 atom stereocenters. The molecule has 1 aliphatic carbocycles. The van der Waals surface area contributed by atoms with Crippen molar-refractivity contribution in [3.05, 3.63) is 70.5 Å². The minimum Gasteiger partial charge on any atom is -0.497 e. The third-order valence-electron chi connectivity index (χ3n) is 6.14. The highest BCUT2D eigenvalue weighted by Crippen LogP contribution is 2.31. The van der Waals surface area contributed by atoms with E-state index in [1.165, 1.54) is 22.8 Å². The number of carbonyl (C=O) groups is 1. The fourth-order valence-corrected chi connectivity index (χ4v) is 4.38. The molecular formula is C25H28FNO3. The van der Waals surface area contributed by atoms with Crippen molar-refractivity contribution in [1.29, 1.82) is 0 Å². The SMILES string of the molecule is COc1ccc(F)c(/C=C/[C@@H]2CCc3cc([C@H]4CCCOC(=O)NC4)ccc3C2)c1. The van der Waals surface area contributed by atoms with Crippen LogP contribution in [0.5, 0.6) is 5.75 Å². The monoisotopic (exact) mass is 409 g/mol. The molecule has 1 N–H and O–H groups in total. The molecule has 4 nitrogen and oxygen atoms in total. The fourth-order valence-electron chi connectivity index (χ4n) is 4.38. The zero-order valence-corrected chi connectivity index (χ0v) is 17.3. The molecule has 0 saturated carbocycles. The summed E-state index contributed by atoms with van der Waals surface area (Å²) in [7, 11) is 1.59. The molecule has 1 fully saturated rings. The molecule has 0 unspecified atom stereocenters. The zero-order valence-electron chi connectivity index (χ0n) is 17.3. The fraction of sp³-hybridized carbons (Fsp3) is 0.400. The largest absolute Gasteiger partial charge is 0.497 e. The van der Waals surface area contributed by atoms with E-state index in [1.807, 2.05) is 6.08 Å². The topological polar surface area (TPSA) is 47.6 Å². The molecular weight excluding hydrogens is 381 g/mol. The molecule has 1 aliphatic heterocycles. The molecule has 1 heterocycles. The molecule has 0 aromatic heterocycles. The van der Waals surface area contributed by atoms with Crippen molar-refractivity contribution in [2.75, 3.05) is 20.3 Å². The van der Waals surface area contributed by atoms with Crippen LogP contribution in [0.2, 0.25) is 0 Å². The highest BCUT2D eigenvalue weighted by molar-refractivity contribution is 5.67. The van der Waals surface area contributed by atoms with Crippen molar-refractivity contribution in [2.24, 2.45) is 5.92 Å². The number of nitrogens with one attached hydrogen (secondary N) is 1. The van der Waals surface area contributed by atoms with Gasteiger partial charge in [-0.25, -0.2) is 9.18 Å². The van der Waals surface area contributed by atoms with Crippen molar-refractivity contribution in [2.45, 2.75) is 38.0 Å². The average Bonchev–Trinajstić information content (AvgIpc) is 2.75. The van der Waals surface area contributed by atoms with Gasteiger partial charge in [0.2, 0.25) is 0 Å². The van der Waals surface area contributed by atoms with Crippen molar-refractivity contribution >= 4 is 12.2 Å². The van der Waals surface area contributed by atoms with E-state index in [9.17, 15) is 9.18 Å². The van der Waals surface area contributed by atoms with Gasteiger partial charge in [0.25, 0.3) is 0 Å². The van der Waals surface area contributed by atoms with E-state index < -0.39 is 0 Å². The first-order valence-electron chi connectivity index (χ1n) is 10.7. The molecule has 5 heteroatoms. The molecule has 1 saturated heterocycles. The molecule has 0 spiro atoms. The normalized spacial score (nSPS) is 21.9. The predicted octanol–water partition coefficient (Wildman–Crippen LogP) is 5.26. The first-order valence-corrected chi connectivity index (χ1v) is 10.7. The lowest BCUT2D eigenvalue weighted by Crippen LogP contribution is -2.31. The highest BCUT2D eigenvalue weighted by atomic mass is 19.1. The predicted molar refractivity (Wildman–Crippen MR) is 115 cm³/mol. The number of amides is 1. The van der Waals surface area contributed by atoms with E-state index in [0.717, 1.165) is 32.1 Å². The molecule has 0 bridgehead atoms. The van der Waals surface area contributed by atoms with Crippen LogP contribution in [0.15, 0.2) is 42.5 Å². The Hall–Kier alpha value is -2.82. The second-order valence-electron chi connectivity index (χ2n) is 8.13. The second-order valence-corrected chi connectivity index (χ2v) is 8.13. The number of methoxy groups -OCH3 is 1. The number of ether oxygens (including phenoxy) is 2. The Balaban J connectivity index is 1.44. The van der Waals surface area contributed by atoms with Crippen LogP contribution in [0, 0.1) is 11.7 Å². The summed E-state index contributed by atoms with van der Waals surface area (Å²) in [6.45, 7) is 1.10. The number of benzene rings is 2. The van der Waals surface area contributed by atoms with Crippen LogP contribution in [0.1, 0.15) is 47.4 Å². The van der Waals surface area contributed by atoms with Crippen molar-refractivity contribution in [1.82, 2.24) is 5.32 Å². The molecule has 0 radical (unpaired) electrons. The number of cyclic esters (lactones) is 1. The number of hydrogen-bond donors (Lipinski definition) is 1. The van der Waals surface area contributed by atoms with Gasteiger partial charge in [-0.2, -0.15) is 0 Å². The van der Waals surface area contributed by atoms with E-state index in [0.29, 0.717) is 36.3 Å². The van der Waals surface area contributed by atoms with E-state index >= 15 is 0 Å². The molecule has 1 amide bonds. The minimum atomic E-state index is -0.320. The zero-order chi connectivity index (χ0) is 20.9. The Morgan fingerprint density at radius 2 is 2.07 bits per heavy atom. The van der Waals surface area contributed by atoms with Gasteiger partial charge in [-0.05, 0) is 72.9 Å². The van der Waals surface area contributed by atoms with Gasteiger partial charge in [-0.1, -0.05) is 30.4 Å². The van der Waals surface area contributed by atoms with Gasteiger partial charge in [-0.3, -0.25) is 0 Å². The summed E-state index contributed by atoms with van der Waals surface area (Å²) >= 11 is 0. The number of hydrogen-bond acceptors (Lipinski definition) is 3. The number of carbonyl (C=O) groups excluding carboxylic acids is 1. The van der Waals surface area contributed by atoms with Crippen LogP contribution in [0.4, 0.5) is 9.18 Å². The average molecular weight is 410 g/mol. The standard InChI is InChI=1S/C25H28FNO3/c1-29-23-10-11-24(26)21(15-23)7-5-17-4-6-19-14-20(9-8-18(19)13-17)22-3-2-12-30-25(28)27-16-22/h5,7-11,14-15,17,22H,2-4,6,12-13,16H2,1H3,(H,27,28)/b7-5+/t17-,22-/m0/s1. The number of allylic oxidation sites excluding steroid dienone is 1. The summed E-state index contributed by atoms with van der Waals surface area (Å²) in [5.41, 5.74) is 4.62. The quantitative estimate of drug-likeness (QED) is 0.750. The number of alkyl carbamates (subject to hydrolysis) is 1. The molecule has 158 valence electrons. The van der Waals surface area contributed by atoms with Crippen LogP contribution >= 0.6 is 0 Å². The lowest BCUT2D eigenvalue weighted by Gasteiger charge is -2.26. The number of fused-ring (bicyclic) bond motifs is 1. The minimum absolute atomic E-state index is 0.232. The van der Waals surface area contributed by atoms with Crippen molar-refractivity contribution in [3.63, 3.8) is 0 Å². The molecule has 2 aromatic rings.